The van der Waals surface area contributed by atoms with Crippen LogP contribution in [-0.2, 0) is 15.1 Å². The molecule has 6 rings (SSSR count). The summed E-state index contributed by atoms with van der Waals surface area (Å²) in [5, 5.41) is 7.15. The maximum Gasteiger partial charge on any atom is 0.344 e. The van der Waals surface area contributed by atoms with Gasteiger partial charge in [-0.3, -0.25) is 15.0 Å². The van der Waals surface area contributed by atoms with E-state index in [-0.39, 0.29) is 18.0 Å². The molecule has 1 aromatic carbocycles. The molecule has 30 heavy (non-hydrogen) atoms. The third-order valence-electron chi connectivity index (χ3n) is 7.79. The van der Waals surface area contributed by atoms with Crippen LogP contribution in [0.5, 0.6) is 0 Å². The Bertz CT molecular complexity index is 835. The Labute approximate surface area is 176 Å². The second-order valence-corrected chi connectivity index (χ2v) is 9.78. The van der Waals surface area contributed by atoms with Crippen LogP contribution >= 0.6 is 0 Å². The first-order valence-corrected chi connectivity index (χ1v) is 11.2. The molecule has 1 aromatic rings. The van der Waals surface area contributed by atoms with Crippen molar-refractivity contribution < 1.29 is 14.4 Å². The molecule has 0 radical (unpaired) electrons. The minimum Gasteiger partial charge on any atom is -0.318 e. The zero-order valence-corrected chi connectivity index (χ0v) is 17.4. The van der Waals surface area contributed by atoms with E-state index in [9.17, 15) is 14.4 Å². The lowest BCUT2D eigenvalue weighted by atomic mass is 9.53. The zero-order valence-electron chi connectivity index (χ0n) is 17.4. The number of nitrogens with zero attached hydrogens (tertiary/aromatic N) is 1. The van der Waals surface area contributed by atoms with Gasteiger partial charge in [-0.05, 0) is 68.3 Å². The minimum atomic E-state index is -1.14. The van der Waals surface area contributed by atoms with Gasteiger partial charge < -0.3 is 10.6 Å². The van der Waals surface area contributed by atoms with Gasteiger partial charge in [0.25, 0.3) is 11.8 Å². The number of benzene rings is 1. The lowest BCUT2D eigenvalue weighted by molar-refractivity contribution is -0.139. The molecule has 4 aliphatic carbocycles. The van der Waals surface area contributed by atoms with Crippen molar-refractivity contribution in [2.45, 2.75) is 62.9 Å². The fourth-order valence-corrected chi connectivity index (χ4v) is 6.80. The molecule has 0 spiro atoms. The molecule has 1 atom stereocenters. The molecule has 5 fully saturated rings. The average molecular weight is 411 g/mol. The standard InChI is InChI=1S/C23H30N4O3/c1-2-23(18-6-4-3-5-7-18)20(29)27(21(30)25-23)26-19(28)14-24-22-11-15-8-16(12-22)10-17(9-15)13-22/h3-7,15-17,24H,2,8-14H2,1H3,(H,25,30)(H,26,28)/t15?,16?,17?,22?,23-/m1/s1. The highest BCUT2D eigenvalue weighted by atomic mass is 16.2. The van der Waals surface area contributed by atoms with Crippen LogP contribution in [0.15, 0.2) is 30.3 Å². The predicted molar refractivity (Wildman–Crippen MR) is 111 cm³/mol. The lowest BCUT2D eigenvalue weighted by Crippen LogP contribution is -2.60. The van der Waals surface area contributed by atoms with Crippen LogP contribution in [0.2, 0.25) is 0 Å². The number of carbonyl (C=O) groups is 3. The number of rotatable bonds is 6. The molecular formula is C23H30N4O3. The molecule has 3 N–H and O–H groups in total. The molecule has 7 heteroatoms. The number of nitrogens with one attached hydrogen (secondary N) is 3. The van der Waals surface area contributed by atoms with E-state index in [0.29, 0.717) is 12.0 Å². The Balaban J connectivity index is 1.24. The van der Waals surface area contributed by atoms with Crippen molar-refractivity contribution in [3.8, 4) is 0 Å². The first kappa shape index (κ1) is 19.5. The van der Waals surface area contributed by atoms with Gasteiger partial charge in [0.2, 0.25) is 0 Å². The van der Waals surface area contributed by atoms with Crippen molar-refractivity contribution in [3.63, 3.8) is 0 Å². The molecule has 0 aromatic heterocycles. The van der Waals surface area contributed by atoms with Crippen LogP contribution in [0.25, 0.3) is 0 Å². The predicted octanol–water partition coefficient (Wildman–Crippen LogP) is 2.43. The molecular weight excluding hydrogens is 380 g/mol. The Morgan fingerprint density at radius 1 is 1.07 bits per heavy atom. The van der Waals surface area contributed by atoms with E-state index in [2.05, 4.69) is 16.1 Å². The number of carbonyl (C=O) groups excluding carboxylic acids is 3. The van der Waals surface area contributed by atoms with E-state index in [1.165, 1.54) is 19.3 Å². The number of hydrazine groups is 1. The van der Waals surface area contributed by atoms with Gasteiger partial charge in [-0.2, -0.15) is 5.01 Å². The third kappa shape index (κ3) is 3.11. The van der Waals surface area contributed by atoms with E-state index >= 15 is 0 Å². The molecule has 7 nitrogen and oxygen atoms in total. The fraction of sp³-hybridized carbons (Fsp3) is 0.609. The highest BCUT2D eigenvalue weighted by Gasteiger charge is 2.53. The molecule has 4 amide bonds. The summed E-state index contributed by atoms with van der Waals surface area (Å²) in [7, 11) is 0. The van der Waals surface area contributed by atoms with Crippen LogP contribution in [0.3, 0.4) is 0 Å². The molecule has 5 aliphatic rings. The summed E-state index contributed by atoms with van der Waals surface area (Å²) in [6.45, 7) is 1.97. The molecule has 4 saturated carbocycles. The number of amides is 4. The topological polar surface area (TPSA) is 90.5 Å². The van der Waals surface area contributed by atoms with Crippen molar-refractivity contribution in [3.05, 3.63) is 35.9 Å². The summed E-state index contributed by atoms with van der Waals surface area (Å²) in [4.78, 5) is 38.4. The van der Waals surface area contributed by atoms with Crippen molar-refractivity contribution in [1.82, 2.24) is 21.1 Å². The first-order valence-electron chi connectivity index (χ1n) is 11.2. The zero-order chi connectivity index (χ0) is 20.9. The quantitative estimate of drug-likeness (QED) is 0.629. The molecule has 160 valence electrons. The van der Waals surface area contributed by atoms with Gasteiger partial charge in [-0.15, -0.1) is 0 Å². The highest BCUT2D eigenvalue weighted by Crippen LogP contribution is 2.55. The lowest BCUT2D eigenvalue weighted by Gasteiger charge is -2.57. The average Bonchev–Trinajstić information content (AvgIpc) is 2.97. The SMILES string of the molecule is CC[C@]1(c2ccccc2)NC(=O)N(NC(=O)CNC23CC4CC(CC(C4)C2)C3)C1=O. The second kappa shape index (κ2) is 7.08. The Morgan fingerprint density at radius 2 is 1.67 bits per heavy atom. The van der Waals surface area contributed by atoms with E-state index in [0.717, 1.165) is 42.0 Å². The fourth-order valence-electron chi connectivity index (χ4n) is 6.80. The van der Waals surface area contributed by atoms with Crippen molar-refractivity contribution in [2.75, 3.05) is 6.54 Å². The van der Waals surface area contributed by atoms with E-state index in [4.69, 9.17) is 0 Å². The van der Waals surface area contributed by atoms with Crippen LogP contribution in [0.1, 0.15) is 57.4 Å². The van der Waals surface area contributed by atoms with E-state index < -0.39 is 17.5 Å². The van der Waals surface area contributed by atoms with Gasteiger partial charge in [-0.25, -0.2) is 4.79 Å². The van der Waals surface area contributed by atoms with Gasteiger partial charge in [-0.1, -0.05) is 37.3 Å². The van der Waals surface area contributed by atoms with Crippen LogP contribution in [0.4, 0.5) is 4.79 Å². The van der Waals surface area contributed by atoms with Crippen LogP contribution in [-0.4, -0.2) is 34.9 Å². The normalized spacial score (nSPS) is 36.8. The molecule has 1 heterocycles. The van der Waals surface area contributed by atoms with Gasteiger partial charge in [0.05, 0.1) is 6.54 Å². The minimum absolute atomic E-state index is 0.0561. The van der Waals surface area contributed by atoms with Gasteiger partial charge >= 0.3 is 6.03 Å². The maximum atomic E-state index is 13.1. The Hall–Kier alpha value is -2.41. The molecule has 1 saturated heterocycles. The molecule has 4 bridgehead atoms. The summed E-state index contributed by atoms with van der Waals surface area (Å²) >= 11 is 0. The monoisotopic (exact) mass is 410 g/mol. The summed E-state index contributed by atoms with van der Waals surface area (Å²) in [6, 6.07) is 8.59. The van der Waals surface area contributed by atoms with Crippen molar-refractivity contribution >= 4 is 17.8 Å². The van der Waals surface area contributed by atoms with Crippen LogP contribution in [0, 0.1) is 17.8 Å². The summed E-state index contributed by atoms with van der Waals surface area (Å²) in [6.07, 6.45) is 7.85. The van der Waals surface area contributed by atoms with Gasteiger partial charge in [0, 0.05) is 5.54 Å². The number of hydrogen-bond acceptors (Lipinski definition) is 4. The van der Waals surface area contributed by atoms with Gasteiger partial charge in [0.15, 0.2) is 0 Å². The van der Waals surface area contributed by atoms with Crippen molar-refractivity contribution in [2.24, 2.45) is 17.8 Å². The number of imide groups is 1. The molecule has 1 aliphatic heterocycles. The maximum absolute atomic E-state index is 13.1. The highest BCUT2D eigenvalue weighted by molar-refractivity contribution is 6.08. The number of urea groups is 1. The number of hydrogen-bond donors (Lipinski definition) is 3. The smallest absolute Gasteiger partial charge is 0.318 e. The second-order valence-electron chi connectivity index (χ2n) is 9.78. The van der Waals surface area contributed by atoms with Gasteiger partial charge in [0.1, 0.15) is 5.54 Å². The summed E-state index contributed by atoms with van der Waals surface area (Å²) < 4.78 is 0. The van der Waals surface area contributed by atoms with E-state index in [1.807, 2.05) is 37.3 Å². The van der Waals surface area contributed by atoms with E-state index in [1.54, 1.807) is 0 Å². The summed E-state index contributed by atoms with van der Waals surface area (Å²) in [5.41, 5.74) is 2.17. The largest absolute Gasteiger partial charge is 0.344 e. The first-order chi connectivity index (χ1) is 14.4. The summed E-state index contributed by atoms with van der Waals surface area (Å²) in [5.74, 6) is 1.56. The Morgan fingerprint density at radius 3 is 2.23 bits per heavy atom. The third-order valence-corrected chi connectivity index (χ3v) is 7.79. The van der Waals surface area contributed by atoms with Crippen LogP contribution < -0.4 is 16.1 Å². The van der Waals surface area contributed by atoms with Crippen molar-refractivity contribution in [1.29, 1.82) is 0 Å². The Kier molecular flexibility index (Phi) is 4.61. The molecule has 0 unspecified atom stereocenters.